The van der Waals surface area contributed by atoms with Crippen molar-refractivity contribution in [3.8, 4) is 0 Å². The summed E-state index contributed by atoms with van der Waals surface area (Å²) in [5, 5.41) is 3.75. The summed E-state index contributed by atoms with van der Waals surface area (Å²) in [5.41, 5.74) is 0.293. The second kappa shape index (κ2) is 5.86. The van der Waals surface area contributed by atoms with E-state index < -0.39 is 0 Å². The number of imidazole rings is 1. The Morgan fingerprint density at radius 3 is 2.60 bits per heavy atom. The zero-order valence-electron chi connectivity index (χ0n) is 13.8. The number of nitrogens with zero attached hydrogens (tertiary/aromatic N) is 3. The van der Waals surface area contributed by atoms with E-state index in [0.717, 1.165) is 25.5 Å². The molecule has 1 fully saturated rings. The Morgan fingerprint density at radius 2 is 2.10 bits per heavy atom. The van der Waals surface area contributed by atoms with Crippen molar-refractivity contribution >= 4 is 0 Å². The van der Waals surface area contributed by atoms with Crippen molar-refractivity contribution in [1.82, 2.24) is 19.8 Å². The summed E-state index contributed by atoms with van der Waals surface area (Å²) in [5.74, 6) is 1.81. The number of aryl methyl sites for hydroxylation is 1. The van der Waals surface area contributed by atoms with Crippen LogP contribution in [0.15, 0.2) is 12.4 Å². The Labute approximate surface area is 123 Å². The normalized spacial score (nSPS) is 25.4. The summed E-state index contributed by atoms with van der Waals surface area (Å²) in [7, 11) is 2.08. The molecule has 0 spiro atoms. The van der Waals surface area contributed by atoms with Gasteiger partial charge < -0.3 is 9.88 Å². The van der Waals surface area contributed by atoms with Gasteiger partial charge in [0.1, 0.15) is 5.82 Å². The van der Waals surface area contributed by atoms with Gasteiger partial charge in [0.05, 0.1) is 6.54 Å². The number of aromatic nitrogens is 2. The molecule has 0 amide bonds. The van der Waals surface area contributed by atoms with Gasteiger partial charge in [-0.25, -0.2) is 4.98 Å². The zero-order valence-corrected chi connectivity index (χ0v) is 13.8. The van der Waals surface area contributed by atoms with Gasteiger partial charge in [-0.3, -0.25) is 4.90 Å². The molecule has 0 aromatic carbocycles. The van der Waals surface area contributed by atoms with E-state index in [4.69, 9.17) is 0 Å². The van der Waals surface area contributed by atoms with Crippen LogP contribution >= 0.6 is 0 Å². The molecule has 4 nitrogen and oxygen atoms in total. The number of hydrogen-bond donors (Lipinski definition) is 1. The van der Waals surface area contributed by atoms with E-state index >= 15 is 0 Å². The van der Waals surface area contributed by atoms with Crippen LogP contribution in [0.3, 0.4) is 0 Å². The Kier molecular flexibility index (Phi) is 4.55. The van der Waals surface area contributed by atoms with Gasteiger partial charge in [0, 0.05) is 44.6 Å². The molecule has 1 aliphatic rings. The summed E-state index contributed by atoms with van der Waals surface area (Å²) in [4.78, 5) is 7.10. The van der Waals surface area contributed by atoms with Crippen LogP contribution in [-0.4, -0.2) is 39.6 Å². The lowest BCUT2D eigenvalue weighted by Crippen LogP contribution is -2.61. The molecule has 1 aliphatic heterocycles. The first kappa shape index (κ1) is 15.5. The second-order valence-corrected chi connectivity index (χ2v) is 7.52. The SMILES string of the molecule is CC(C)C1CNC(C(C)(C)C)CN1Cc1nccn1C. The maximum atomic E-state index is 4.49. The van der Waals surface area contributed by atoms with Gasteiger partial charge in [0.2, 0.25) is 0 Å². The average molecular weight is 278 g/mol. The molecule has 114 valence electrons. The van der Waals surface area contributed by atoms with Crippen LogP contribution in [0.4, 0.5) is 0 Å². The summed E-state index contributed by atoms with van der Waals surface area (Å²) >= 11 is 0. The molecule has 20 heavy (non-hydrogen) atoms. The Bertz CT molecular complexity index is 430. The van der Waals surface area contributed by atoms with Crippen LogP contribution in [0.25, 0.3) is 0 Å². The minimum absolute atomic E-state index is 0.293. The summed E-state index contributed by atoms with van der Waals surface area (Å²) in [6.45, 7) is 14.7. The fourth-order valence-corrected chi connectivity index (χ4v) is 2.98. The topological polar surface area (TPSA) is 33.1 Å². The van der Waals surface area contributed by atoms with E-state index in [9.17, 15) is 0 Å². The van der Waals surface area contributed by atoms with Crippen molar-refractivity contribution in [2.75, 3.05) is 13.1 Å². The van der Waals surface area contributed by atoms with Gasteiger partial charge in [-0.1, -0.05) is 34.6 Å². The highest BCUT2D eigenvalue weighted by Crippen LogP contribution is 2.26. The molecule has 0 bridgehead atoms. The smallest absolute Gasteiger partial charge is 0.122 e. The van der Waals surface area contributed by atoms with Crippen LogP contribution in [0.1, 0.15) is 40.4 Å². The summed E-state index contributed by atoms with van der Waals surface area (Å²) in [6, 6.07) is 1.13. The standard InChI is InChI=1S/C16H30N4/c1-12(2)13-9-18-14(16(3,4)5)10-20(13)11-15-17-7-8-19(15)6/h7-8,12-14,18H,9-11H2,1-6H3. The van der Waals surface area contributed by atoms with E-state index in [1.165, 1.54) is 0 Å². The molecule has 2 rings (SSSR count). The lowest BCUT2D eigenvalue weighted by molar-refractivity contribution is 0.0546. The number of hydrogen-bond acceptors (Lipinski definition) is 3. The van der Waals surface area contributed by atoms with Crippen LogP contribution in [0.5, 0.6) is 0 Å². The molecular weight excluding hydrogens is 248 g/mol. The first-order valence-corrected chi connectivity index (χ1v) is 7.72. The zero-order chi connectivity index (χ0) is 14.9. The molecule has 1 aromatic heterocycles. The molecule has 1 N–H and O–H groups in total. The third-order valence-corrected chi connectivity index (χ3v) is 4.54. The average Bonchev–Trinajstić information content (AvgIpc) is 2.73. The molecule has 0 saturated carbocycles. The second-order valence-electron chi connectivity index (χ2n) is 7.52. The third kappa shape index (κ3) is 3.41. The Morgan fingerprint density at radius 1 is 1.40 bits per heavy atom. The van der Waals surface area contributed by atoms with Gasteiger partial charge in [0.15, 0.2) is 0 Å². The van der Waals surface area contributed by atoms with Gasteiger partial charge in [0.25, 0.3) is 0 Å². The van der Waals surface area contributed by atoms with Crippen molar-refractivity contribution in [2.24, 2.45) is 18.4 Å². The summed E-state index contributed by atoms with van der Waals surface area (Å²) < 4.78 is 2.13. The highest BCUT2D eigenvalue weighted by atomic mass is 15.3. The molecule has 2 atom stereocenters. The van der Waals surface area contributed by atoms with E-state index in [2.05, 4.69) is 61.4 Å². The molecule has 0 aliphatic carbocycles. The maximum Gasteiger partial charge on any atom is 0.122 e. The molecular formula is C16H30N4. The van der Waals surface area contributed by atoms with E-state index in [0.29, 0.717) is 23.4 Å². The molecule has 1 saturated heterocycles. The molecule has 4 heteroatoms. The number of rotatable bonds is 3. The van der Waals surface area contributed by atoms with Gasteiger partial charge in [-0.15, -0.1) is 0 Å². The van der Waals surface area contributed by atoms with Gasteiger partial charge in [-0.05, 0) is 11.3 Å². The first-order chi connectivity index (χ1) is 9.29. The quantitative estimate of drug-likeness (QED) is 0.921. The molecule has 2 unspecified atom stereocenters. The largest absolute Gasteiger partial charge is 0.337 e. The predicted octanol–water partition coefficient (Wildman–Crippen LogP) is 2.26. The Hall–Kier alpha value is -0.870. The van der Waals surface area contributed by atoms with Crippen molar-refractivity contribution in [3.05, 3.63) is 18.2 Å². The Balaban J connectivity index is 2.13. The minimum Gasteiger partial charge on any atom is -0.337 e. The predicted molar refractivity (Wildman–Crippen MR) is 83.5 cm³/mol. The highest BCUT2D eigenvalue weighted by Gasteiger charge is 2.35. The number of piperazine rings is 1. The lowest BCUT2D eigenvalue weighted by atomic mass is 9.83. The number of nitrogens with one attached hydrogen (secondary N) is 1. The van der Waals surface area contributed by atoms with Gasteiger partial charge in [-0.2, -0.15) is 0 Å². The van der Waals surface area contributed by atoms with Crippen molar-refractivity contribution in [2.45, 2.75) is 53.2 Å². The van der Waals surface area contributed by atoms with E-state index in [1.54, 1.807) is 0 Å². The highest BCUT2D eigenvalue weighted by molar-refractivity contribution is 4.97. The summed E-state index contributed by atoms with van der Waals surface area (Å²) in [6.07, 6.45) is 3.92. The first-order valence-electron chi connectivity index (χ1n) is 7.72. The fourth-order valence-electron chi connectivity index (χ4n) is 2.98. The van der Waals surface area contributed by atoms with E-state index in [1.807, 2.05) is 12.4 Å². The lowest BCUT2D eigenvalue weighted by Gasteiger charge is -2.46. The molecule has 2 heterocycles. The minimum atomic E-state index is 0.293. The molecule has 1 aromatic rings. The van der Waals surface area contributed by atoms with Crippen molar-refractivity contribution in [3.63, 3.8) is 0 Å². The van der Waals surface area contributed by atoms with Crippen molar-refractivity contribution in [1.29, 1.82) is 0 Å². The molecule has 0 radical (unpaired) electrons. The maximum absolute atomic E-state index is 4.49. The van der Waals surface area contributed by atoms with Gasteiger partial charge >= 0.3 is 0 Å². The van der Waals surface area contributed by atoms with Crippen LogP contribution < -0.4 is 5.32 Å². The third-order valence-electron chi connectivity index (χ3n) is 4.54. The van der Waals surface area contributed by atoms with Crippen molar-refractivity contribution < 1.29 is 0 Å². The monoisotopic (exact) mass is 278 g/mol. The fraction of sp³-hybridized carbons (Fsp3) is 0.812. The van der Waals surface area contributed by atoms with Crippen LogP contribution in [-0.2, 0) is 13.6 Å². The van der Waals surface area contributed by atoms with E-state index in [-0.39, 0.29) is 0 Å². The van der Waals surface area contributed by atoms with Crippen LogP contribution in [0.2, 0.25) is 0 Å². The van der Waals surface area contributed by atoms with Crippen LogP contribution in [0, 0.1) is 11.3 Å².